The van der Waals surface area contributed by atoms with E-state index in [1.807, 2.05) is 6.07 Å². The topological polar surface area (TPSA) is 127 Å². The molecule has 3 rings (SSSR count). The van der Waals surface area contributed by atoms with Crippen molar-refractivity contribution in [2.24, 2.45) is 10.9 Å². The van der Waals surface area contributed by atoms with Gasteiger partial charge in [0.1, 0.15) is 5.75 Å². The maximum absolute atomic E-state index is 12.9. The lowest BCUT2D eigenvalue weighted by Crippen LogP contribution is -2.17. The molecule has 158 valence electrons. The molecule has 0 atom stereocenters. The van der Waals surface area contributed by atoms with Crippen LogP contribution in [0.5, 0.6) is 5.75 Å². The summed E-state index contributed by atoms with van der Waals surface area (Å²) >= 11 is 3.32. The van der Waals surface area contributed by atoms with Gasteiger partial charge in [0.15, 0.2) is 11.6 Å². The molecule has 0 spiro atoms. The SMILES string of the molecule is COc1ccc(NC(=O)c2ccc(/C(N)=N/O)cc2)c(C(=O)Cc2ccc(Br)cn2)c1. The number of anilines is 1. The third-order valence-corrected chi connectivity index (χ3v) is 4.93. The molecule has 9 heteroatoms. The van der Waals surface area contributed by atoms with Crippen molar-refractivity contribution in [3.63, 3.8) is 0 Å². The highest BCUT2D eigenvalue weighted by atomic mass is 79.9. The molecule has 0 fully saturated rings. The van der Waals surface area contributed by atoms with Crippen molar-refractivity contribution >= 4 is 39.1 Å². The van der Waals surface area contributed by atoms with Crippen molar-refractivity contribution in [3.8, 4) is 5.75 Å². The van der Waals surface area contributed by atoms with Gasteiger partial charge >= 0.3 is 0 Å². The standard InChI is InChI=1S/C22H19BrN4O4/c1-31-17-8-9-19(18(11-17)20(28)10-16-7-6-15(23)12-25-16)26-22(29)14-4-2-13(3-5-14)21(24)27-30/h2-9,11-12,30H,10H2,1H3,(H2,24,27)(H,26,29). The minimum Gasteiger partial charge on any atom is -0.497 e. The third kappa shape index (κ3) is 5.46. The Morgan fingerprint density at radius 2 is 1.84 bits per heavy atom. The molecule has 0 unspecified atom stereocenters. The van der Waals surface area contributed by atoms with Gasteiger partial charge in [0.2, 0.25) is 0 Å². The summed E-state index contributed by atoms with van der Waals surface area (Å²) in [5, 5.41) is 14.4. The van der Waals surface area contributed by atoms with Gasteiger partial charge in [0.05, 0.1) is 19.2 Å². The zero-order chi connectivity index (χ0) is 22.4. The number of nitrogens with one attached hydrogen (secondary N) is 1. The lowest BCUT2D eigenvalue weighted by atomic mass is 10.0. The fraction of sp³-hybridized carbons (Fsp3) is 0.0909. The molecule has 31 heavy (non-hydrogen) atoms. The summed E-state index contributed by atoms with van der Waals surface area (Å²) in [5.41, 5.74) is 7.63. The first kappa shape index (κ1) is 22.0. The van der Waals surface area contributed by atoms with Crippen molar-refractivity contribution in [1.29, 1.82) is 0 Å². The van der Waals surface area contributed by atoms with Crippen LogP contribution in [0.15, 0.2) is 70.4 Å². The number of pyridine rings is 1. The number of oxime groups is 1. The molecule has 0 aliphatic carbocycles. The molecular formula is C22H19BrN4O4. The number of amidine groups is 1. The first-order chi connectivity index (χ1) is 14.9. The molecule has 0 radical (unpaired) electrons. The normalized spacial score (nSPS) is 11.1. The number of ether oxygens (including phenoxy) is 1. The fourth-order valence-electron chi connectivity index (χ4n) is 2.81. The van der Waals surface area contributed by atoms with Gasteiger partial charge in [-0.2, -0.15) is 0 Å². The summed E-state index contributed by atoms with van der Waals surface area (Å²) in [5.74, 6) is -0.192. The van der Waals surface area contributed by atoms with Crippen LogP contribution in [0.2, 0.25) is 0 Å². The maximum Gasteiger partial charge on any atom is 0.255 e. The van der Waals surface area contributed by atoms with E-state index in [2.05, 4.69) is 31.4 Å². The molecule has 0 aliphatic heterocycles. The average Bonchev–Trinajstić information content (AvgIpc) is 2.80. The predicted molar refractivity (Wildman–Crippen MR) is 120 cm³/mol. The number of rotatable bonds is 7. The van der Waals surface area contributed by atoms with E-state index in [4.69, 9.17) is 15.7 Å². The van der Waals surface area contributed by atoms with Crippen LogP contribution in [0.4, 0.5) is 5.69 Å². The zero-order valence-corrected chi connectivity index (χ0v) is 18.1. The molecule has 0 saturated heterocycles. The molecule has 8 nitrogen and oxygen atoms in total. The Morgan fingerprint density at radius 3 is 2.45 bits per heavy atom. The molecule has 1 aromatic heterocycles. The Balaban J connectivity index is 1.84. The minimum atomic E-state index is -0.410. The van der Waals surface area contributed by atoms with Crippen LogP contribution in [0.25, 0.3) is 0 Å². The van der Waals surface area contributed by atoms with Gasteiger partial charge in [0.25, 0.3) is 5.91 Å². The first-order valence-electron chi connectivity index (χ1n) is 9.12. The highest BCUT2D eigenvalue weighted by Gasteiger charge is 2.17. The number of Topliss-reactive ketones (excluding diaryl/α,β-unsaturated/α-hetero) is 1. The molecule has 0 aliphatic rings. The Kier molecular flexibility index (Phi) is 6.99. The Morgan fingerprint density at radius 1 is 1.13 bits per heavy atom. The Bertz CT molecular complexity index is 1130. The molecule has 1 heterocycles. The summed E-state index contributed by atoms with van der Waals surface area (Å²) in [6, 6.07) is 14.6. The lowest BCUT2D eigenvalue weighted by molar-refractivity contribution is 0.0992. The Hall–Kier alpha value is -3.72. The van der Waals surface area contributed by atoms with Crippen molar-refractivity contribution in [2.75, 3.05) is 12.4 Å². The number of hydrogen-bond acceptors (Lipinski definition) is 6. The van der Waals surface area contributed by atoms with Crippen LogP contribution < -0.4 is 15.8 Å². The van der Waals surface area contributed by atoms with Crippen LogP contribution in [-0.4, -0.2) is 34.8 Å². The highest BCUT2D eigenvalue weighted by Crippen LogP contribution is 2.24. The van der Waals surface area contributed by atoms with Crippen LogP contribution in [0.1, 0.15) is 32.0 Å². The van der Waals surface area contributed by atoms with Crippen LogP contribution >= 0.6 is 15.9 Å². The first-order valence-corrected chi connectivity index (χ1v) is 9.91. The molecule has 1 amide bonds. The van der Waals surface area contributed by atoms with Gasteiger partial charge < -0.3 is 21.0 Å². The van der Waals surface area contributed by atoms with E-state index in [1.54, 1.807) is 54.7 Å². The summed E-state index contributed by atoms with van der Waals surface area (Å²) in [7, 11) is 1.50. The van der Waals surface area contributed by atoms with Gasteiger partial charge in [0, 0.05) is 33.1 Å². The molecule has 4 N–H and O–H groups in total. The van der Waals surface area contributed by atoms with Gasteiger partial charge in [-0.15, -0.1) is 0 Å². The molecule has 2 aromatic carbocycles. The number of carbonyl (C=O) groups excluding carboxylic acids is 2. The second kappa shape index (κ2) is 9.86. The fourth-order valence-corrected chi connectivity index (χ4v) is 3.04. The predicted octanol–water partition coefficient (Wildman–Crippen LogP) is 3.62. The number of nitrogens with zero attached hydrogens (tertiary/aromatic N) is 2. The number of carbonyl (C=O) groups is 2. The summed E-state index contributed by atoms with van der Waals surface area (Å²) < 4.78 is 6.05. The number of nitrogens with two attached hydrogens (primary N) is 1. The van der Waals surface area contributed by atoms with E-state index in [9.17, 15) is 9.59 Å². The van der Waals surface area contributed by atoms with Gasteiger partial charge in [-0.05, 0) is 58.4 Å². The summed E-state index contributed by atoms with van der Waals surface area (Å²) in [6.07, 6.45) is 1.69. The van der Waals surface area contributed by atoms with E-state index >= 15 is 0 Å². The lowest BCUT2D eigenvalue weighted by Gasteiger charge is -2.12. The number of hydrogen-bond donors (Lipinski definition) is 3. The smallest absolute Gasteiger partial charge is 0.255 e. The number of ketones is 1. The van der Waals surface area contributed by atoms with Crippen molar-refractivity contribution < 1.29 is 19.5 Å². The van der Waals surface area contributed by atoms with E-state index in [0.717, 1.165) is 4.47 Å². The van der Waals surface area contributed by atoms with Gasteiger partial charge in [-0.1, -0.05) is 17.3 Å². The van der Waals surface area contributed by atoms with Crippen LogP contribution in [0.3, 0.4) is 0 Å². The number of halogens is 1. The zero-order valence-electron chi connectivity index (χ0n) is 16.5. The van der Waals surface area contributed by atoms with Crippen LogP contribution in [-0.2, 0) is 6.42 Å². The minimum absolute atomic E-state index is 0.0588. The number of aromatic nitrogens is 1. The summed E-state index contributed by atoms with van der Waals surface area (Å²) in [4.78, 5) is 29.9. The van der Waals surface area contributed by atoms with E-state index in [1.165, 1.54) is 7.11 Å². The van der Waals surface area contributed by atoms with Crippen molar-refractivity contribution in [1.82, 2.24) is 4.98 Å². The number of benzene rings is 2. The number of methoxy groups -OCH3 is 1. The summed E-state index contributed by atoms with van der Waals surface area (Å²) in [6.45, 7) is 0. The van der Waals surface area contributed by atoms with E-state index < -0.39 is 5.91 Å². The molecular weight excluding hydrogens is 464 g/mol. The molecule has 3 aromatic rings. The quantitative estimate of drug-likeness (QED) is 0.155. The third-order valence-electron chi connectivity index (χ3n) is 4.46. The van der Waals surface area contributed by atoms with Crippen molar-refractivity contribution in [2.45, 2.75) is 6.42 Å². The van der Waals surface area contributed by atoms with Gasteiger partial charge in [-0.3, -0.25) is 14.6 Å². The van der Waals surface area contributed by atoms with Crippen molar-refractivity contribution in [3.05, 3.63) is 87.7 Å². The Labute approximate surface area is 186 Å². The van der Waals surface area contributed by atoms with E-state index in [-0.39, 0.29) is 18.0 Å². The molecule has 0 bridgehead atoms. The maximum atomic E-state index is 12.9. The molecule has 0 saturated carbocycles. The van der Waals surface area contributed by atoms with Gasteiger partial charge in [-0.25, -0.2) is 0 Å². The highest BCUT2D eigenvalue weighted by molar-refractivity contribution is 9.10. The monoisotopic (exact) mass is 482 g/mol. The second-order valence-corrected chi connectivity index (χ2v) is 7.41. The average molecular weight is 483 g/mol. The number of amides is 1. The largest absolute Gasteiger partial charge is 0.497 e. The van der Waals surface area contributed by atoms with Crippen LogP contribution in [0, 0.1) is 0 Å². The van der Waals surface area contributed by atoms with E-state index in [0.29, 0.717) is 33.8 Å². The second-order valence-electron chi connectivity index (χ2n) is 6.50.